The summed E-state index contributed by atoms with van der Waals surface area (Å²) in [5.41, 5.74) is 0.712. The summed E-state index contributed by atoms with van der Waals surface area (Å²) < 4.78 is 1.63. The van der Waals surface area contributed by atoms with E-state index in [1.54, 1.807) is 36.0 Å². The average molecular weight is 349 g/mol. The molecule has 0 radical (unpaired) electrons. The lowest BCUT2D eigenvalue weighted by Gasteiger charge is -2.15. The van der Waals surface area contributed by atoms with Gasteiger partial charge in [-0.3, -0.25) is 9.59 Å². The average Bonchev–Trinajstić information content (AvgIpc) is 2.94. The van der Waals surface area contributed by atoms with Crippen LogP contribution in [-0.2, 0) is 27.3 Å². The molecule has 0 aliphatic rings. The third-order valence-electron chi connectivity index (χ3n) is 3.25. The highest BCUT2D eigenvalue weighted by Crippen LogP contribution is 2.11. The van der Waals surface area contributed by atoms with Crippen molar-refractivity contribution in [2.75, 3.05) is 0 Å². The highest BCUT2D eigenvalue weighted by atomic mass is 16.4. The van der Waals surface area contributed by atoms with Crippen molar-refractivity contribution < 1.29 is 29.7 Å². The van der Waals surface area contributed by atoms with Gasteiger partial charge in [0.15, 0.2) is 0 Å². The Morgan fingerprint density at radius 3 is 2.40 bits per heavy atom. The van der Waals surface area contributed by atoms with Crippen LogP contribution in [0.15, 0.2) is 36.7 Å². The molecular formula is C16H19N3O6. The lowest BCUT2D eigenvalue weighted by atomic mass is 10.1. The van der Waals surface area contributed by atoms with Crippen molar-refractivity contribution in [1.29, 1.82) is 0 Å². The van der Waals surface area contributed by atoms with Gasteiger partial charge in [-0.25, -0.2) is 9.78 Å². The molecule has 9 heteroatoms. The topological polar surface area (TPSA) is 142 Å². The van der Waals surface area contributed by atoms with Crippen molar-refractivity contribution in [3.05, 3.63) is 48.0 Å². The minimum atomic E-state index is -1.11. The van der Waals surface area contributed by atoms with Crippen LogP contribution >= 0.6 is 0 Å². The van der Waals surface area contributed by atoms with E-state index in [-0.39, 0.29) is 25.2 Å². The maximum Gasteiger partial charge on any atom is 0.326 e. The zero-order valence-electron chi connectivity index (χ0n) is 13.5. The molecule has 1 aromatic carbocycles. The van der Waals surface area contributed by atoms with Gasteiger partial charge in [0.1, 0.15) is 24.2 Å². The van der Waals surface area contributed by atoms with Crippen LogP contribution in [-0.4, -0.2) is 49.3 Å². The van der Waals surface area contributed by atoms with E-state index in [1.807, 2.05) is 0 Å². The van der Waals surface area contributed by atoms with E-state index in [4.69, 9.17) is 9.90 Å². The minimum absolute atomic E-state index is 0.0190. The van der Waals surface area contributed by atoms with Gasteiger partial charge in [0.25, 0.3) is 6.47 Å². The van der Waals surface area contributed by atoms with E-state index in [9.17, 15) is 19.8 Å². The summed E-state index contributed by atoms with van der Waals surface area (Å²) in [6.45, 7) is 1.53. The monoisotopic (exact) mass is 349 g/mol. The Morgan fingerprint density at radius 1 is 1.32 bits per heavy atom. The molecule has 0 bridgehead atoms. The number of aryl methyl sites for hydroxylation is 1. The number of hydrogen-bond donors (Lipinski definition) is 4. The number of phenolic OH excluding ortho intramolecular Hbond substituents is 1. The Morgan fingerprint density at radius 2 is 1.92 bits per heavy atom. The summed E-state index contributed by atoms with van der Waals surface area (Å²) in [6, 6.07) is 5.17. The van der Waals surface area contributed by atoms with E-state index in [2.05, 4.69) is 10.3 Å². The SMILES string of the molecule is Cc1nccn1CC(=O)N[C@@H](Cc1ccc(O)cc1)C(=O)O.O=CO. The van der Waals surface area contributed by atoms with Crippen molar-refractivity contribution >= 4 is 18.3 Å². The number of aliphatic carboxylic acids is 1. The van der Waals surface area contributed by atoms with Gasteiger partial charge >= 0.3 is 5.97 Å². The molecule has 2 rings (SSSR count). The second-order valence-electron chi connectivity index (χ2n) is 5.04. The summed E-state index contributed by atoms with van der Waals surface area (Å²) in [7, 11) is 0. The molecule has 25 heavy (non-hydrogen) atoms. The maximum absolute atomic E-state index is 12.0. The van der Waals surface area contributed by atoms with Crippen LogP contribution in [0.25, 0.3) is 0 Å². The number of aromatic hydroxyl groups is 1. The van der Waals surface area contributed by atoms with Crippen LogP contribution in [0.5, 0.6) is 5.75 Å². The molecule has 0 aliphatic heterocycles. The quantitative estimate of drug-likeness (QED) is 0.553. The van der Waals surface area contributed by atoms with Crippen molar-refractivity contribution in [2.45, 2.75) is 25.9 Å². The molecule has 1 amide bonds. The van der Waals surface area contributed by atoms with Gasteiger partial charge < -0.3 is 25.2 Å². The summed E-state index contributed by atoms with van der Waals surface area (Å²) in [6.07, 6.45) is 3.38. The highest BCUT2D eigenvalue weighted by Gasteiger charge is 2.20. The number of carbonyl (C=O) groups excluding carboxylic acids is 1. The number of rotatable bonds is 6. The Kier molecular flexibility index (Phi) is 7.64. The third-order valence-corrected chi connectivity index (χ3v) is 3.25. The molecule has 0 spiro atoms. The normalized spacial score (nSPS) is 10.9. The number of imidazole rings is 1. The molecule has 1 aromatic heterocycles. The van der Waals surface area contributed by atoms with Crippen LogP contribution < -0.4 is 5.32 Å². The van der Waals surface area contributed by atoms with Crippen LogP contribution in [0.3, 0.4) is 0 Å². The predicted octanol–water partition coefficient (Wildman–Crippen LogP) is 0.410. The number of carboxylic acid groups (broad SMARTS) is 2. The number of amides is 1. The second kappa shape index (κ2) is 9.71. The van der Waals surface area contributed by atoms with Gasteiger partial charge in [0.2, 0.25) is 5.91 Å². The number of phenols is 1. The predicted molar refractivity (Wildman–Crippen MR) is 87.0 cm³/mol. The number of benzene rings is 1. The van der Waals surface area contributed by atoms with E-state index in [1.165, 1.54) is 12.1 Å². The first-order valence-corrected chi connectivity index (χ1v) is 7.23. The summed E-state index contributed by atoms with van der Waals surface area (Å²) in [4.78, 5) is 35.6. The third kappa shape index (κ3) is 6.73. The number of nitrogens with zero attached hydrogens (tertiary/aromatic N) is 2. The van der Waals surface area contributed by atoms with E-state index in [0.29, 0.717) is 11.4 Å². The fourth-order valence-electron chi connectivity index (χ4n) is 2.03. The Hall–Kier alpha value is -3.36. The van der Waals surface area contributed by atoms with Gasteiger partial charge in [-0.05, 0) is 24.6 Å². The molecule has 4 N–H and O–H groups in total. The number of carbonyl (C=O) groups is 3. The van der Waals surface area contributed by atoms with Crippen molar-refractivity contribution in [1.82, 2.24) is 14.9 Å². The fraction of sp³-hybridized carbons (Fsp3) is 0.250. The maximum atomic E-state index is 12.0. The van der Waals surface area contributed by atoms with Crippen LogP contribution in [0.1, 0.15) is 11.4 Å². The first-order valence-electron chi connectivity index (χ1n) is 7.23. The zero-order valence-corrected chi connectivity index (χ0v) is 13.5. The molecule has 0 unspecified atom stereocenters. The summed E-state index contributed by atoms with van der Waals surface area (Å²) >= 11 is 0. The minimum Gasteiger partial charge on any atom is -0.508 e. The molecule has 134 valence electrons. The Bertz CT molecular complexity index is 711. The summed E-state index contributed by atoms with van der Waals surface area (Å²) in [5.74, 6) is -0.716. The van der Waals surface area contributed by atoms with Gasteiger partial charge in [-0.2, -0.15) is 0 Å². The van der Waals surface area contributed by atoms with Crippen LogP contribution in [0, 0.1) is 6.92 Å². The van der Waals surface area contributed by atoms with Gasteiger partial charge in [0.05, 0.1) is 0 Å². The van der Waals surface area contributed by atoms with E-state index >= 15 is 0 Å². The molecule has 1 heterocycles. The molecular weight excluding hydrogens is 330 g/mol. The van der Waals surface area contributed by atoms with Crippen molar-refractivity contribution in [3.63, 3.8) is 0 Å². The van der Waals surface area contributed by atoms with Crippen LogP contribution in [0.2, 0.25) is 0 Å². The van der Waals surface area contributed by atoms with Gasteiger partial charge in [0, 0.05) is 18.8 Å². The molecule has 0 fully saturated rings. The van der Waals surface area contributed by atoms with E-state index in [0.717, 1.165) is 0 Å². The molecule has 9 nitrogen and oxygen atoms in total. The molecule has 2 aromatic rings. The van der Waals surface area contributed by atoms with Gasteiger partial charge in [-0.15, -0.1) is 0 Å². The number of carboxylic acids is 1. The fourth-order valence-corrected chi connectivity index (χ4v) is 2.03. The largest absolute Gasteiger partial charge is 0.508 e. The molecule has 0 aliphatic carbocycles. The number of hydrogen-bond acceptors (Lipinski definition) is 5. The summed E-state index contributed by atoms with van der Waals surface area (Å²) in [5, 5.41) is 27.8. The second-order valence-corrected chi connectivity index (χ2v) is 5.04. The lowest BCUT2D eigenvalue weighted by molar-refractivity contribution is -0.141. The zero-order chi connectivity index (χ0) is 18.8. The highest BCUT2D eigenvalue weighted by molar-refractivity contribution is 5.83. The Labute approximate surface area is 143 Å². The van der Waals surface area contributed by atoms with Crippen molar-refractivity contribution in [2.24, 2.45) is 0 Å². The van der Waals surface area contributed by atoms with Gasteiger partial charge in [-0.1, -0.05) is 12.1 Å². The smallest absolute Gasteiger partial charge is 0.326 e. The van der Waals surface area contributed by atoms with Crippen LogP contribution in [0.4, 0.5) is 0 Å². The standard InChI is InChI=1S/C15H17N3O4.CH2O2/c1-10-16-6-7-18(10)9-14(20)17-13(15(21)22)8-11-2-4-12(19)5-3-11;2-1-3/h2-7,13,19H,8-9H2,1H3,(H,17,20)(H,21,22);1H,(H,2,3)/t13-;/m0./s1. The van der Waals surface area contributed by atoms with E-state index < -0.39 is 17.9 Å². The first kappa shape index (κ1) is 19.7. The Balaban J connectivity index is 0.000000970. The number of aromatic nitrogens is 2. The lowest BCUT2D eigenvalue weighted by Crippen LogP contribution is -2.43. The molecule has 0 saturated heterocycles. The first-order chi connectivity index (χ1) is 11.9. The molecule has 0 saturated carbocycles. The number of nitrogens with one attached hydrogen (secondary N) is 1. The molecule has 1 atom stereocenters. The van der Waals surface area contributed by atoms with Crippen molar-refractivity contribution in [3.8, 4) is 5.75 Å².